The molecule has 3 nitrogen and oxygen atoms in total. The second-order valence-electron chi connectivity index (χ2n) is 4.90. The number of nitrogens with one attached hydrogen (secondary N) is 1. The van der Waals surface area contributed by atoms with Crippen molar-refractivity contribution in [2.24, 2.45) is 0 Å². The van der Waals surface area contributed by atoms with E-state index in [0.29, 0.717) is 5.56 Å². The standard InChI is InChI=1S/C17H10FN3/c18-12-7-5-11(6-8-12)14-10-21-16-4-2-1-3-15(16)20-17(21)13(14)9-19/h1-8,10,20H. The van der Waals surface area contributed by atoms with E-state index in [2.05, 4.69) is 11.1 Å². The first kappa shape index (κ1) is 11.7. The first-order chi connectivity index (χ1) is 10.3. The average molecular weight is 275 g/mol. The molecule has 0 amide bonds. The summed E-state index contributed by atoms with van der Waals surface area (Å²) in [6.07, 6.45) is 1.92. The highest BCUT2D eigenvalue weighted by molar-refractivity contribution is 5.88. The van der Waals surface area contributed by atoms with Crippen molar-refractivity contribution in [2.45, 2.75) is 0 Å². The summed E-state index contributed by atoms with van der Waals surface area (Å²) >= 11 is 0. The number of rotatable bonds is 1. The van der Waals surface area contributed by atoms with Crippen molar-refractivity contribution < 1.29 is 4.39 Å². The maximum Gasteiger partial charge on any atom is 0.134 e. The molecule has 0 aliphatic heterocycles. The summed E-state index contributed by atoms with van der Waals surface area (Å²) < 4.78 is 15.0. The maximum atomic E-state index is 13.1. The van der Waals surface area contributed by atoms with Crippen LogP contribution in [-0.4, -0.2) is 9.38 Å². The van der Waals surface area contributed by atoms with Gasteiger partial charge in [0.25, 0.3) is 0 Å². The fourth-order valence-corrected chi connectivity index (χ4v) is 2.70. The first-order valence-corrected chi connectivity index (χ1v) is 6.56. The van der Waals surface area contributed by atoms with Crippen molar-refractivity contribution in [1.29, 1.82) is 5.26 Å². The van der Waals surface area contributed by atoms with Gasteiger partial charge >= 0.3 is 0 Å². The average Bonchev–Trinajstić information content (AvgIpc) is 3.03. The highest BCUT2D eigenvalue weighted by Gasteiger charge is 2.15. The number of benzene rings is 2. The molecule has 21 heavy (non-hydrogen) atoms. The molecule has 0 fully saturated rings. The molecule has 0 radical (unpaired) electrons. The summed E-state index contributed by atoms with van der Waals surface area (Å²) in [5.41, 5.74) is 4.95. The molecule has 2 aromatic heterocycles. The molecule has 1 N–H and O–H groups in total. The van der Waals surface area contributed by atoms with Gasteiger partial charge in [-0.2, -0.15) is 5.26 Å². The number of imidazole rings is 1. The largest absolute Gasteiger partial charge is 0.339 e. The van der Waals surface area contributed by atoms with Gasteiger partial charge in [0, 0.05) is 11.8 Å². The van der Waals surface area contributed by atoms with Gasteiger partial charge in [-0.3, -0.25) is 4.40 Å². The molecule has 4 aromatic rings. The van der Waals surface area contributed by atoms with Crippen LogP contribution < -0.4 is 0 Å². The molecule has 0 saturated carbocycles. The summed E-state index contributed by atoms with van der Waals surface area (Å²) in [7, 11) is 0. The van der Waals surface area contributed by atoms with E-state index < -0.39 is 0 Å². The third-order valence-corrected chi connectivity index (χ3v) is 3.69. The van der Waals surface area contributed by atoms with Crippen molar-refractivity contribution in [3.05, 3.63) is 66.1 Å². The van der Waals surface area contributed by atoms with Crippen LogP contribution in [0.1, 0.15) is 5.56 Å². The minimum Gasteiger partial charge on any atom is -0.339 e. The highest BCUT2D eigenvalue weighted by Crippen LogP contribution is 2.30. The van der Waals surface area contributed by atoms with Crippen LogP contribution in [0.3, 0.4) is 0 Å². The Morgan fingerprint density at radius 3 is 2.57 bits per heavy atom. The summed E-state index contributed by atoms with van der Waals surface area (Å²) in [6, 6.07) is 16.3. The van der Waals surface area contributed by atoms with E-state index in [4.69, 9.17) is 0 Å². The zero-order valence-electron chi connectivity index (χ0n) is 11.0. The van der Waals surface area contributed by atoms with E-state index >= 15 is 0 Å². The summed E-state index contributed by atoms with van der Waals surface area (Å²) in [4.78, 5) is 3.27. The molecule has 4 heteroatoms. The van der Waals surface area contributed by atoms with Gasteiger partial charge in [-0.05, 0) is 29.8 Å². The molecule has 100 valence electrons. The summed E-state index contributed by atoms with van der Waals surface area (Å²) in [5, 5.41) is 9.49. The lowest BCUT2D eigenvalue weighted by atomic mass is 10.1. The van der Waals surface area contributed by atoms with E-state index in [1.165, 1.54) is 12.1 Å². The number of para-hydroxylation sites is 2. The maximum absolute atomic E-state index is 13.1. The van der Waals surface area contributed by atoms with Gasteiger partial charge in [-0.15, -0.1) is 0 Å². The molecule has 0 saturated heterocycles. The molecule has 0 spiro atoms. The predicted octanol–water partition coefficient (Wildman–Crippen LogP) is 4.10. The van der Waals surface area contributed by atoms with Crippen LogP contribution in [0, 0.1) is 17.1 Å². The Balaban J connectivity index is 2.06. The molecular weight excluding hydrogens is 265 g/mol. The lowest BCUT2D eigenvalue weighted by Gasteiger charge is -1.98. The third-order valence-electron chi connectivity index (χ3n) is 3.69. The Morgan fingerprint density at radius 2 is 1.81 bits per heavy atom. The number of hydrogen-bond donors (Lipinski definition) is 1. The van der Waals surface area contributed by atoms with Gasteiger partial charge in [0.2, 0.25) is 0 Å². The van der Waals surface area contributed by atoms with Crippen LogP contribution in [-0.2, 0) is 0 Å². The van der Waals surface area contributed by atoms with Gasteiger partial charge in [0.15, 0.2) is 0 Å². The van der Waals surface area contributed by atoms with E-state index in [-0.39, 0.29) is 5.82 Å². The van der Waals surface area contributed by atoms with Gasteiger partial charge in [0.1, 0.15) is 23.1 Å². The van der Waals surface area contributed by atoms with E-state index in [9.17, 15) is 9.65 Å². The SMILES string of the molecule is N#Cc1c(-c2ccc(F)cc2)cn2c1[nH]c1ccccc12. The van der Waals surface area contributed by atoms with Crippen molar-refractivity contribution in [3.8, 4) is 17.2 Å². The normalized spacial score (nSPS) is 11.0. The fourth-order valence-electron chi connectivity index (χ4n) is 2.70. The second kappa shape index (κ2) is 4.22. The van der Waals surface area contributed by atoms with Gasteiger partial charge in [0.05, 0.1) is 11.0 Å². The highest BCUT2D eigenvalue weighted by atomic mass is 19.1. The van der Waals surface area contributed by atoms with Gasteiger partial charge in [-0.25, -0.2) is 4.39 Å². The molecule has 0 aliphatic rings. The molecule has 0 bridgehead atoms. The monoisotopic (exact) mass is 275 g/mol. The Hall–Kier alpha value is -3.06. The Bertz CT molecular complexity index is 1000. The van der Waals surface area contributed by atoms with Crippen LogP contribution >= 0.6 is 0 Å². The van der Waals surface area contributed by atoms with E-state index in [1.807, 2.05) is 34.9 Å². The van der Waals surface area contributed by atoms with Crippen molar-refractivity contribution in [3.63, 3.8) is 0 Å². The van der Waals surface area contributed by atoms with Crippen molar-refractivity contribution >= 4 is 16.7 Å². The van der Waals surface area contributed by atoms with Crippen LogP contribution in [0.4, 0.5) is 4.39 Å². The Morgan fingerprint density at radius 1 is 1.05 bits per heavy atom. The van der Waals surface area contributed by atoms with Crippen LogP contribution in [0.25, 0.3) is 27.8 Å². The topological polar surface area (TPSA) is 44.0 Å². The third kappa shape index (κ3) is 1.65. The number of hydrogen-bond acceptors (Lipinski definition) is 1. The summed E-state index contributed by atoms with van der Waals surface area (Å²) in [6.45, 7) is 0. The number of H-pyrrole nitrogens is 1. The van der Waals surface area contributed by atoms with Gasteiger partial charge < -0.3 is 4.98 Å². The molecule has 0 atom stereocenters. The number of halogens is 1. The Labute approximate surface area is 119 Å². The zero-order valence-corrected chi connectivity index (χ0v) is 11.0. The van der Waals surface area contributed by atoms with Crippen LogP contribution in [0.5, 0.6) is 0 Å². The fraction of sp³-hybridized carbons (Fsp3) is 0. The smallest absolute Gasteiger partial charge is 0.134 e. The zero-order chi connectivity index (χ0) is 14.4. The lowest BCUT2D eigenvalue weighted by Crippen LogP contribution is -1.81. The van der Waals surface area contributed by atoms with Crippen LogP contribution in [0.15, 0.2) is 54.7 Å². The molecule has 2 aromatic carbocycles. The molecule has 0 unspecified atom stereocenters. The Kier molecular flexibility index (Phi) is 2.36. The molecular formula is C17H10FN3. The molecule has 4 rings (SSSR count). The second-order valence-corrected chi connectivity index (χ2v) is 4.90. The minimum absolute atomic E-state index is 0.285. The van der Waals surface area contributed by atoms with E-state index in [0.717, 1.165) is 27.8 Å². The number of aromatic nitrogens is 2. The minimum atomic E-state index is -0.285. The molecule has 0 aliphatic carbocycles. The van der Waals surface area contributed by atoms with Crippen molar-refractivity contribution in [2.75, 3.05) is 0 Å². The van der Waals surface area contributed by atoms with Gasteiger partial charge in [-0.1, -0.05) is 24.3 Å². The first-order valence-electron chi connectivity index (χ1n) is 6.56. The summed E-state index contributed by atoms with van der Waals surface area (Å²) in [5.74, 6) is -0.285. The number of nitriles is 1. The van der Waals surface area contributed by atoms with Crippen LogP contribution in [0.2, 0.25) is 0 Å². The molecule has 2 heterocycles. The quantitative estimate of drug-likeness (QED) is 0.558. The van der Waals surface area contributed by atoms with Crippen molar-refractivity contribution in [1.82, 2.24) is 9.38 Å². The number of nitrogens with zero attached hydrogens (tertiary/aromatic N) is 2. The predicted molar refractivity (Wildman–Crippen MR) is 79.4 cm³/mol. The number of fused-ring (bicyclic) bond motifs is 3. The lowest BCUT2D eigenvalue weighted by molar-refractivity contribution is 0.628. The number of aromatic amines is 1. The van der Waals surface area contributed by atoms with E-state index in [1.54, 1.807) is 12.1 Å².